The van der Waals surface area contributed by atoms with E-state index in [9.17, 15) is 0 Å². The van der Waals surface area contributed by atoms with Crippen molar-refractivity contribution in [2.24, 2.45) is 0 Å². The largest absolute Gasteiger partial charge is 0.481 e. The quantitative estimate of drug-likeness (QED) is 0.822. The van der Waals surface area contributed by atoms with Gasteiger partial charge in [-0.2, -0.15) is 0 Å². The molecule has 0 spiro atoms. The Morgan fingerprint density at radius 2 is 2.05 bits per heavy atom. The smallest absolute Gasteiger partial charge is 0.148 e. The Bertz CT molecular complexity index is 631. The van der Waals surface area contributed by atoms with Crippen LogP contribution < -0.4 is 10.1 Å². The number of benzene rings is 2. The van der Waals surface area contributed by atoms with E-state index in [0.717, 1.165) is 21.5 Å². The third-order valence-electron chi connectivity index (χ3n) is 2.95. The minimum atomic E-state index is 0.277. The summed E-state index contributed by atoms with van der Waals surface area (Å²) in [6.07, 6.45) is 5.24. The summed E-state index contributed by atoms with van der Waals surface area (Å²) in [6, 6.07) is 14.1. The topological polar surface area (TPSA) is 21.3 Å². The summed E-state index contributed by atoms with van der Waals surface area (Å²) in [6.45, 7) is 3.04. The van der Waals surface area contributed by atoms with E-state index < -0.39 is 0 Å². The Morgan fingerprint density at radius 3 is 2.80 bits per heavy atom. The molecule has 0 aliphatic carbocycles. The third kappa shape index (κ3) is 3.79. The average Bonchev–Trinajstić information content (AvgIpc) is 2.45. The minimum absolute atomic E-state index is 0.277. The van der Waals surface area contributed by atoms with Crippen molar-refractivity contribution in [3.63, 3.8) is 0 Å². The molecule has 0 aromatic heterocycles. The molecule has 0 atom stereocenters. The van der Waals surface area contributed by atoms with Crippen LogP contribution in [0.15, 0.2) is 46.9 Å². The Hall–Kier alpha value is -1.92. The highest BCUT2D eigenvalue weighted by molar-refractivity contribution is 9.10. The van der Waals surface area contributed by atoms with Crippen LogP contribution in [0.4, 0.5) is 5.69 Å². The van der Waals surface area contributed by atoms with Gasteiger partial charge in [0, 0.05) is 22.3 Å². The Morgan fingerprint density at radius 1 is 1.25 bits per heavy atom. The monoisotopic (exact) mass is 329 g/mol. The van der Waals surface area contributed by atoms with Crippen molar-refractivity contribution in [1.82, 2.24) is 0 Å². The first kappa shape index (κ1) is 14.5. The summed E-state index contributed by atoms with van der Waals surface area (Å²) in [7, 11) is 0. The number of hydrogen-bond donors (Lipinski definition) is 1. The number of aryl methyl sites for hydroxylation is 1. The molecule has 2 rings (SSSR count). The van der Waals surface area contributed by atoms with Gasteiger partial charge in [-0.3, -0.25) is 0 Å². The van der Waals surface area contributed by atoms with Gasteiger partial charge in [0.2, 0.25) is 0 Å². The molecule has 0 amide bonds. The van der Waals surface area contributed by atoms with Gasteiger partial charge in [-0.1, -0.05) is 40.0 Å². The number of terminal acetylenes is 1. The molecule has 0 saturated carbocycles. The Balaban J connectivity index is 2.14. The van der Waals surface area contributed by atoms with Crippen LogP contribution in [0.3, 0.4) is 0 Å². The first-order chi connectivity index (χ1) is 9.70. The van der Waals surface area contributed by atoms with Crippen molar-refractivity contribution in [1.29, 1.82) is 0 Å². The fourth-order valence-corrected chi connectivity index (χ4v) is 2.32. The number of anilines is 1. The van der Waals surface area contributed by atoms with E-state index in [2.05, 4.69) is 46.2 Å². The standard InChI is InChI=1S/C17H16BrNO/c1-3-10-20-17-9-8-15(18)11-14(17)12-19-16-7-5-4-6-13(16)2/h1,4-9,11,19H,10,12H2,2H3. The lowest BCUT2D eigenvalue weighted by atomic mass is 10.1. The molecule has 0 radical (unpaired) electrons. The zero-order valence-corrected chi connectivity index (χ0v) is 12.9. The number of ether oxygens (including phenoxy) is 1. The first-order valence-electron chi connectivity index (χ1n) is 6.35. The maximum absolute atomic E-state index is 5.56. The van der Waals surface area contributed by atoms with Crippen LogP contribution in [-0.2, 0) is 6.54 Å². The molecule has 0 saturated heterocycles. The maximum Gasteiger partial charge on any atom is 0.148 e. The highest BCUT2D eigenvalue weighted by Crippen LogP contribution is 2.25. The molecule has 0 aliphatic heterocycles. The van der Waals surface area contributed by atoms with E-state index in [1.54, 1.807) is 0 Å². The molecular weight excluding hydrogens is 314 g/mol. The van der Waals surface area contributed by atoms with Gasteiger partial charge < -0.3 is 10.1 Å². The summed E-state index contributed by atoms with van der Waals surface area (Å²) < 4.78 is 6.58. The van der Waals surface area contributed by atoms with Crippen molar-refractivity contribution >= 4 is 21.6 Å². The third-order valence-corrected chi connectivity index (χ3v) is 3.44. The van der Waals surface area contributed by atoms with Crippen LogP contribution in [0.5, 0.6) is 5.75 Å². The second-order valence-electron chi connectivity index (χ2n) is 4.41. The van der Waals surface area contributed by atoms with Crippen molar-refractivity contribution in [2.45, 2.75) is 13.5 Å². The summed E-state index contributed by atoms with van der Waals surface area (Å²) in [5.41, 5.74) is 3.40. The number of nitrogens with one attached hydrogen (secondary N) is 1. The van der Waals surface area contributed by atoms with E-state index >= 15 is 0 Å². The fourth-order valence-electron chi connectivity index (χ4n) is 1.91. The van der Waals surface area contributed by atoms with Gasteiger partial charge in [0.05, 0.1) is 0 Å². The van der Waals surface area contributed by atoms with Gasteiger partial charge >= 0.3 is 0 Å². The molecule has 0 unspecified atom stereocenters. The average molecular weight is 330 g/mol. The van der Waals surface area contributed by atoms with Crippen molar-refractivity contribution in [3.8, 4) is 18.1 Å². The SMILES string of the molecule is C#CCOc1ccc(Br)cc1CNc1ccccc1C. The summed E-state index contributed by atoms with van der Waals surface area (Å²) >= 11 is 3.48. The van der Waals surface area contributed by atoms with Gasteiger partial charge in [-0.05, 0) is 36.8 Å². The Labute approximate surface area is 128 Å². The van der Waals surface area contributed by atoms with E-state index in [4.69, 9.17) is 11.2 Å². The summed E-state index contributed by atoms with van der Waals surface area (Å²) in [4.78, 5) is 0. The summed E-state index contributed by atoms with van der Waals surface area (Å²) in [5.74, 6) is 3.30. The molecule has 0 aliphatic rings. The van der Waals surface area contributed by atoms with Gasteiger partial charge in [0.15, 0.2) is 0 Å². The van der Waals surface area contributed by atoms with Crippen molar-refractivity contribution < 1.29 is 4.74 Å². The van der Waals surface area contributed by atoms with Gasteiger partial charge in [-0.25, -0.2) is 0 Å². The molecule has 2 aromatic rings. The molecular formula is C17H16BrNO. The van der Waals surface area contributed by atoms with Gasteiger partial charge in [0.1, 0.15) is 12.4 Å². The highest BCUT2D eigenvalue weighted by Gasteiger charge is 2.05. The van der Waals surface area contributed by atoms with E-state index in [-0.39, 0.29) is 6.61 Å². The first-order valence-corrected chi connectivity index (χ1v) is 7.14. The predicted molar refractivity (Wildman–Crippen MR) is 87.0 cm³/mol. The zero-order valence-electron chi connectivity index (χ0n) is 11.3. The second kappa shape index (κ2) is 7.02. The lowest BCUT2D eigenvalue weighted by molar-refractivity contribution is 0.366. The van der Waals surface area contributed by atoms with Gasteiger partial charge in [0.25, 0.3) is 0 Å². The second-order valence-corrected chi connectivity index (χ2v) is 5.33. The van der Waals surface area contributed by atoms with Gasteiger partial charge in [-0.15, -0.1) is 6.42 Å². The predicted octanol–water partition coefficient (Wildman–Crippen LogP) is 4.38. The number of halogens is 1. The molecule has 2 nitrogen and oxygen atoms in total. The summed E-state index contributed by atoms with van der Waals surface area (Å²) in [5, 5.41) is 3.42. The van der Waals surface area contributed by atoms with Crippen molar-refractivity contribution in [3.05, 3.63) is 58.1 Å². The van der Waals surface area contributed by atoms with Crippen LogP contribution in [0, 0.1) is 19.3 Å². The molecule has 102 valence electrons. The molecule has 1 N–H and O–H groups in total. The van der Waals surface area contributed by atoms with Crippen LogP contribution in [0.2, 0.25) is 0 Å². The molecule has 0 bridgehead atoms. The lowest BCUT2D eigenvalue weighted by Crippen LogP contribution is -2.04. The van der Waals surface area contributed by atoms with E-state index in [1.165, 1.54) is 5.56 Å². The maximum atomic E-state index is 5.56. The van der Waals surface area contributed by atoms with Crippen LogP contribution in [-0.4, -0.2) is 6.61 Å². The van der Waals surface area contributed by atoms with Crippen LogP contribution in [0.25, 0.3) is 0 Å². The van der Waals surface area contributed by atoms with Crippen molar-refractivity contribution in [2.75, 3.05) is 11.9 Å². The highest BCUT2D eigenvalue weighted by atomic mass is 79.9. The number of rotatable bonds is 5. The van der Waals surface area contributed by atoms with Crippen LogP contribution >= 0.6 is 15.9 Å². The van der Waals surface area contributed by atoms with E-state index in [1.807, 2.05) is 30.3 Å². The molecule has 0 fully saturated rings. The molecule has 3 heteroatoms. The normalized spacial score (nSPS) is 9.85. The molecule has 2 aromatic carbocycles. The number of hydrogen-bond acceptors (Lipinski definition) is 2. The fraction of sp³-hybridized carbons (Fsp3) is 0.176. The minimum Gasteiger partial charge on any atom is -0.481 e. The zero-order chi connectivity index (χ0) is 14.4. The van der Waals surface area contributed by atoms with Crippen LogP contribution in [0.1, 0.15) is 11.1 Å². The Kier molecular flexibility index (Phi) is 5.09. The van der Waals surface area contributed by atoms with E-state index in [0.29, 0.717) is 6.54 Å². The lowest BCUT2D eigenvalue weighted by Gasteiger charge is -2.13. The molecule has 0 heterocycles. The molecule has 20 heavy (non-hydrogen) atoms. The number of para-hydroxylation sites is 1.